The van der Waals surface area contributed by atoms with E-state index in [1.807, 2.05) is 36.4 Å². The van der Waals surface area contributed by atoms with Crippen LogP contribution in [0.25, 0.3) is 21.9 Å². The van der Waals surface area contributed by atoms with Crippen LogP contribution in [-0.4, -0.2) is 24.6 Å². The number of hydrogen-bond donors (Lipinski definition) is 1. The summed E-state index contributed by atoms with van der Waals surface area (Å²) in [6.07, 6.45) is -1.03. The molecular weight excluding hydrogens is 522 g/mol. The fourth-order valence-electron chi connectivity index (χ4n) is 6.12. The van der Waals surface area contributed by atoms with Gasteiger partial charge in [0.25, 0.3) is 13.9 Å². The molecule has 0 aliphatic heterocycles. The lowest BCUT2D eigenvalue weighted by Crippen LogP contribution is -2.66. The number of aryl methyl sites for hydroxylation is 2. The lowest BCUT2D eigenvalue weighted by atomic mass is 9.93. The first kappa shape index (κ1) is 28.7. The van der Waals surface area contributed by atoms with Gasteiger partial charge in [-0.1, -0.05) is 118 Å². The summed E-state index contributed by atoms with van der Waals surface area (Å²) in [5.41, 5.74) is 4.62. The minimum atomic E-state index is -2.89. The molecule has 1 aromatic heterocycles. The third-order valence-electron chi connectivity index (χ3n) is 8.33. The summed E-state index contributed by atoms with van der Waals surface area (Å²) in [5, 5.41) is 15.5. The summed E-state index contributed by atoms with van der Waals surface area (Å²) >= 11 is 0. The zero-order valence-electron chi connectivity index (χ0n) is 24.8. The molecule has 5 rings (SSSR count). The van der Waals surface area contributed by atoms with Crippen LogP contribution in [0, 0.1) is 13.8 Å². The Morgan fingerprint density at radius 3 is 1.85 bits per heavy atom. The molecule has 1 atom stereocenters. The van der Waals surface area contributed by atoms with Crippen molar-refractivity contribution in [1.82, 2.24) is 4.57 Å². The highest BCUT2D eigenvalue weighted by Crippen LogP contribution is 2.39. The molecule has 0 saturated heterocycles. The van der Waals surface area contributed by atoms with Gasteiger partial charge in [-0.2, -0.15) is 0 Å². The van der Waals surface area contributed by atoms with Crippen molar-refractivity contribution in [3.63, 3.8) is 0 Å². The summed E-state index contributed by atoms with van der Waals surface area (Å²) in [5.74, 6) is 0. The number of aromatic nitrogens is 1. The van der Waals surface area contributed by atoms with Gasteiger partial charge in [-0.15, -0.1) is 0 Å². The molecule has 0 fully saturated rings. The molecule has 41 heavy (non-hydrogen) atoms. The van der Waals surface area contributed by atoms with Crippen molar-refractivity contribution in [2.45, 2.75) is 45.8 Å². The molecule has 210 valence electrons. The second-order valence-corrected chi connectivity index (χ2v) is 16.3. The van der Waals surface area contributed by atoms with Crippen LogP contribution in [0.2, 0.25) is 5.04 Å². The zero-order valence-corrected chi connectivity index (χ0v) is 25.8. The van der Waals surface area contributed by atoms with Gasteiger partial charge in [-0.3, -0.25) is 4.79 Å². The molecule has 0 amide bonds. The average molecular weight is 562 g/mol. The van der Waals surface area contributed by atoms with Gasteiger partial charge in [0.2, 0.25) is 0 Å². The maximum atomic E-state index is 13.6. The van der Waals surface area contributed by atoms with Crippen LogP contribution in [0.4, 0.5) is 0 Å². The summed E-state index contributed by atoms with van der Waals surface area (Å²) in [6.45, 7) is 10.9. The Bertz CT molecular complexity index is 1700. The number of benzene rings is 4. The van der Waals surface area contributed by atoms with Crippen LogP contribution in [0.5, 0.6) is 0 Å². The monoisotopic (exact) mass is 561 g/mol. The van der Waals surface area contributed by atoms with E-state index in [2.05, 4.69) is 101 Å². The summed E-state index contributed by atoms with van der Waals surface area (Å²) < 4.78 is 8.70. The van der Waals surface area contributed by atoms with Gasteiger partial charge in [-0.05, 0) is 57.4 Å². The Labute approximate surface area is 244 Å². The van der Waals surface area contributed by atoms with Crippen LogP contribution in [0.15, 0.2) is 108 Å². The molecule has 0 spiro atoms. The van der Waals surface area contributed by atoms with E-state index in [0.717, 1.165) is 32.5 Å². The molecule has 0 aliphatic rings. The lowest BCUT2D eigenvalue weighted by molar-refractivity contribution is 0.0968. The van der Waals surface area contributed by atoms with Crippen LogP contribution in [0.3, 0.4) is 0 Å². The van der Waals surface area contributed by atoms with E-state index < -0.39 is 14.4 Å². The van der Waals surface area contributed by atoms with E-state index in [4.69, 9.17) is 4.43 Å². The van der Waals surface area contributed by atoms with Crippen LogP contribution < -0.4 is 15.9 Å². The number of hydrogen-bond acceptors (Lipinski definition) is 3. The van der Waals surface area contributed by atoms with Crippen molar-refractivity contribution in [1.29, 1.82) is 0 Å². The maximum absolute atomic E-state index is 13.6. The Kier molecular flexibility index (Phi) is 7.88. The zero-order chi connectivity index (χ0) is 29.4. The molecule has 5 aromatic rings. The van der Waals surface area contributed by atoms with E-state index in [-0.39, 0.29) is 17.2 Å². The SMILES string of the molecule is Cc1ccc(-c2c(C(O)CO[Si](c3ccccc3)(c3ccccc3)C(C)(C)C)n(C)c(=O)c3ccccc23)cc1C. The fourth-order valence-corrected chi connectivity index (χ4v) is 10.7. The number of pyridine rings is 1. The van der Waals surface area contributed by atoms with Gasteiger partial charge in [0.05, 0.1) is 12.3 Å². The Balaban J connectivity index is 1.69. The standard InChI is InChI=1S/C36H39NO3Si/c1-25-21-22-27(23-26(25)2)33-30-19-13-14-20-31(30)35(39)37(6)34(33)32(38)24-40-41(36(3,4)5,28-15-9-7-10-16-28)29-17-11-8-12-18-29/h7-23,32,38H,24H2,1-6H3. The molecule has 0 bridgehead atoms. The van der Waals surface area contributed by atoms with Gasteiger partial charge in [0, 0.05) is 18.0 Å². The molecule has 1 heterocycles. The quantitative estimate of drug-likeness (QED) is 0.233. The highest BCUT2D eigenvalue weighted by Gasteiger charge is 2.50. The van der Waals surface area contributed by atoms with Crippen LogP contribution in [-0.2, 0) is 11.5 Å². The summed E-state index contributed by atoms with van der Waals surface area (Å²) in [7, 11) is -1.14. The predicted molar refractivity (Wildman–Crippen MR) is 173 cm³/mol. The molecule has 5 heteroatoms. The molecular formula is C36H39NO3Si. The lowest BCUT2D eigenvalue weighted by Gasteiger charge is -2.43. The fraction of sp³-hybridized carbons (Fsp3) is 0.250. The highest BCUT2D eigenvalue weighted by atomic mass is 28.4. The maximum Gasteiger partial charge on any atom is 0.261 e. The first-order valence-electron chi connectivity index (χ1n) is 14.2. The van der Waals surface area contributed by atoms with Crippen molar-refractivity contribution in [3.8, 4) is 11.1 Å². The van der Waals surface area contributed by atoms with Crippen molar-refractivity contribution in [2.75, 3.05) is 6.61 Å². The number of aliphatic hydroxyl groups excluding tert-OH is 1. The predicted octanol–water partition coefficient (Wildman–Crippen LogP) is 6.43. The van der Waals surface area contributed by atoms with Gasteiger partial charge in [0.1, 0.15) is 6.10 Å². The van der Waals surface area contributed by atoms with Gasteiger partial charge >= 0.3 is 0 Å². The molecule has 4 nitrogen and oxygen atoms in total. The van der Waals surface area contributed by atoms with Crippen LogP contribution >= 0.6 is 0 Å². The van der Waals surface area contributed by atoms with Crippen molar-refractivity contribution >= 4 is 29.5 Å². The van der Waals surface area contributed by atoms with Gasteiger partial charge < -0.3 is 14.1 Å². The van der Waals surface area contributed by atoms with Crippen molar-refractivity contribution in [2.24, 2.45) is 7.05 Å². The normalized spacial score (nSPS) is 13.0. The topological polar surface area (TPSA) is 51.5 Å². The summed E-state index contributed by atoms with van der Waals surface area (Å²) in [6, 6.07) is 34.8. The largest absolute Gasteiger partial charge is 0.404 e. The van der Waals surface area contributed by atoms with Gasteiger partial charge in [0.15, 0.2) is 0 Å². The third kappa shape index (κ3) is 5.10. The second kappa shape index (κ2) is 11.2. The highest BCUT2D eigenvalue weighted by molar-refractivity contribution is 6.99. The van der Waals surface area contributed by atoms with E-state index in [0.29, 0.717) is 11.1 Å². The van der Waals surface area contributed by atoms with E-state index in [9.17, 15) is 9.90 Å². The number of nitrogens with zero attached hydrogens (tertiary/aromatic N) is 1. The number of fused-ring (bicyclic) bond motifs is 1. The number of aliphatic hydroxyl groups is 1. The first-order valence-corrected chi connectivity index (χ1v) is 16.1. The Morgan fingerprint density at radius 2 is 1.32 bits per heavy atom. The van der Waals surface area contributed by atoms with Gasteiger partial charge in [-0.25, -0.2) is 0 Å². The van der Waals surface area contributed by atoms with Crippen LogP contribution in [0.1, 0.15) is 43.7 Å². The first-order chi connectivity index (χ1) is 19.6. The number of rotatable bonds is 7. The smallest absolute Gasteiger partial charge is 0.261 e. The van der Waals surface area contributed by atoms with E-state index >= 15 is 0 Å². The Hall–Kier alpha value is -3.77. The van der Waals surface area contributed by atoms with Crippen molar-refractivity contribution in [3.05, 3.63) is 130 Å². The van der Waals surface area contributed by atoms with E-state index in [1.165, 1.54) is 5.56 Å². The molecule has 1 N–H and O–H groups in total. The van der Waals surface area contributed by atoms with Crippen molar-refractivity contribution < 1.29 is 9.53 Å². The molecule has 0 radical (unpaired) electrons. The molecule has 1 unspecified atom stereocenters. The molecule has 0 saturated carbocycles. The van der Waals surface area contributed by atoms with E-state index in [1.54, 1.807) is 11.6 Å². The third-order valence-corrected chi connectivity index (χ3v) is 13.3. The average Bonchev–Trinajstić information content (AvgIpc) is 2.97. The minimum absolute atomic E-state index is 0.0523. The molecule has 0 aliphatic carbocycles. The summed E-state index contributed by atoms with van der Waals surface area (Å²) in [4.78, 5) is 13.6. The Morgan fingerprint density at radius 1 is 0.780 bits per heavy atom. The minimum Gasteiger partial charge on any atom is -0.404 e. The second-order valence-electron chi connectivity index (χ2n) is 12.0. The molecule has 4 aromatic carbocycles.